The Kier molecular flexibility index (Phi) is 9.81. The Balaban J connectivity index is 1.48. The van der Waals surface area contributed by atoms with Gasteiger partial charge >= 0.3 is 0 Å². The highest BCUT2D eigenvalue weighted by Gasteiger charge is 2.32. The fraction of sp³-hybridized carbons (Fsp3) is 0.714. The fourth-order valence-electron chi connectivity index (χ4n) is 5.16. The number of morpholine rings is 1. The number of nitrogens with zero attached hydrogens (tertiary/aromatic N) is 3. The van der Waals surface area contributed by atoms with Gasteiger partial charge < -0.3 is 29.7 Å². The van der Waals surface area contributed by atoms with Crippen LogP contribution in [0.1, 0.15) is 38.7 Å². The molecule has 0 spiro atoms. The van der Waals surface area contributed by atoms with E-state index >= 15 is 0 Å². The predicted molar refractivity (Wildman–Crippen MR) is 143 cm³/mol. The van der Waals surface area contributed by atoms with E-state index in [9.17, 15) is 14.7 Å². The number of benzene rings is 1. The highest BCUT2D eigenvalue weighted by Crippen LogP contribution is 2.31. The smallest absolute Gasteiger partial charge is 0.227 e. The molecule has 0 bridgehead atoms. The third-order valence-corrected chi connectivity index (χ3v) is 7.72. The van der Waals surface area contributed by atoms with Crippen LogP contribution >= 0.6 is 0 Å². The summed E-state index contributed by atoms with van der Waals surface area (Å²) in [4.78, 5) is 32.4. The Hall–Kier alpha value is -2.20. The Bertz CT molecular complexity index is 918. The first kappa shape index (κ1) is 27.8. The van der Waals surface area contributed by atoms with E-state index in [2.05, 4.69) is 29.1 Å². The molecule has 3 atom stereocenters. The number of nitrogens with one attached hydrogen (secondary N) is 1. The van der Waals surface area contributed by atoms with E-state index in [1.165, 1.54) is 12.8 Å². The second kappa shape index (κ2) is 13.0. The minimum absolute atomic E-state index is 0.0407. The first-order valence-electron chi connectivity index (χ1n) is 13.8. The van der Waals surface area contributed by atoms with Gasteiger partial charge in [-0.1, -0.05) is 6.92 Å². The zero-order valence-electron chi connectivity index (χ0n) is 22.7. The van der Waals surface area contributed by atoms with Crippen LogP contribution in [-0.2, 0) is 20.7 Å². The molecule has 1 saturated heterocycles. The van der Waals surface area contributed by atoms with Gasteiger partial charge in [-0.25, -0.2) is 0 Å². The lowest BCUT2D eigenvalue weighted by atomic mass is 10.0. The van der Waals surface area contributed by atoms with E-state index in [1.54, 1.807) is 4.90 Å². The van der Waals surface area contributed by atoms with E-state index in [1.807, 2.05) is 25.1 Å². The van der Waals surface area contributed by atoms with Crippen molar-refractivity contribution in [1.82, 2.24) is 14.7 Å². The molecule has 2 aliphatic heterocycles. The SMILES string of the molecule is C[C@@H]1CN([C@@H](C)CO)C(=O)Cc2cc(NC(=O)CCN3CCOCC3)ccc2O[C@@H]1CN(C)CC1CC1. The molecule has 1 aromatic rings. The zero-order valence-corrected chi connectivity index (χ0v) is 22.7. The van der Waals surface area contributed by atoms with Crippen molar-refractivity contribution >= 4 is 17.5 Å². The van der Waals surface area contributed by atoms with Crippen molar-refractivity contribution in [2.75, 3.05) is 71.5 Å². The summed E-state index contributed by atoms with van der Waals surface area (Å²) in [5.41, 5.74) is 1.42. The number of hydrogen-bond donors (Lipinski definition) is 2. The molecule has 3 aliphatic rings. The Morgan fingerprint density at radius 1 is 1.24 bits per heavy atom. The van der Waals surface area contributed by atoms with Crippen LogP contribution in [0.25, 0.3) is 0 Å². The second-order valence-electron chi connectivity index (χ2n) is 11.1. The van der Waals surface area contributed by atoms with Crippen molar-refractivity contribution in [3.8, 4) is 5.75 Å². The maximum atomic E-state index is 13.4. The molecule has 9 nitrogen and oxygen atoms in total. The minimum atomic E-state index is -0.274. The average molecular weight is 517 g/mol. The van der Waals surface area contributed by atoms with Crippen LogP contribution in [0.5, 0.6) is 5.75 Å². The molecule has 2 amide bonds. The number of ether oxygens (including phenoxy) is 2. The van der Waals surface area contributed by atoms with Gasteiger partial charge in [0.05, 0.1) is 32.3 Å². The molecule has 2 fully saturated rings. The first-order chi connectivity index (χ1) is 17.8. The molecule has 1 saturated carbocycles. The number of fused-ring (bicyclic) bond motifs is 1. The molecule has 206 valence electrons. The molecule has 2 heterocycles. The number of hydrogen-bond acceptors (Lipinski definition) is 7. The standard InChI is InChI=1S/C28H44N4O5/c1-20-16-32(21(2)19-33)28(35)15-23-14-24(29-27(34)8-9-31-10-12-36-13-11-31)6-7-25(23)37-26(20)18-30(3)17-22-4-5-22/h6-7,14,20-22,26,33H,4-5,8-13,15-19H2,1-3H3,(H,29,34)/t20-,21+,26-/m1/s1. The van der Waals surface area contributed by atoms with E-state index in [0.717, 1.165) is 37.7 Å². The van der Waals surface area contributed by atoms with Gasteiger partial charge in [0.15, 0.2) is 0 Å². The highest BCUT2D eigenvalue weighted by molar-refractivity contribution is 5.91. The summed E-state index contributed by atoms with van der Waals surface area (Å²) < 4.78 is 12.0. The van der Waals surface area contributed by atoms with Crippen molar-refractivity contribution < 1.29 is 24.2 Å². The van der Waals surface area contributed by atoms with Crippen molar-refractivity contribution in [3.63, 3.8) is 0 Å². The van der Waals surface area contributed by atoms with Gasteiger partial charge in [-0.2, -0.15) is 0 Å². The third-order valence-electron chi connectivity index (χ3n) is 7.72. The molecular formula is C28H44N4O5. The summed E-state index contributed by atoms with van der Waals surface area (Å²) >= 11 is 0. The van der Waals surface area contributed by atoms with Crippen LogP contribution in [0.3, 0.4) is 0 Å². The number of aliphatic hydroxyl groups is 1. The maximum absolute atomic E-state index is 13.4. The lowest BCUT2D eigenvalue weighted by Crippen LogP contribution is -2.47. The summed E-state index contributed by atoms with van der Waals surface area (Å²) in [5, 5.41) is 12.8. The van der Waals surface area contributed by atoms with Gasteiger partial charge in [0.25, 0.3) is 0 Å². The van der Waals surface area contributed by atoms with Crippen molar-refractivity contribution in [1.29, 1.82) is 0 Å². The number of likely N-dealkylation sites (N-methyl/N-ethyl adjacent to an activating group) is 1. The maximum Gasteiger partial charge on any atom is 0.227 e. The van der Waals surface area contributed by atoms with Gasteiger partial charge in [-0.15, -0.1) is 0 Å². The van der Waals surface area contributed by atoms with Crippen molar-refractivity contribution in [2.24, 2.45) is 11.8 Å². The summed E-state index contributed by atoms with van der Waals surface area (Å²) in [7, 11) is 2.14. The van der Waals surface area contributed by atoms with Gasteiger partial charge in [-0.3, -0.25) is 14.5 Å². The first-order valence-corrected chi connectivity index (χ1v) is 13.8. The largest absolute Gasteiger partial charge is 0.488 e. The molecule has 1 aromatic carbocycles. The molecule has 4 rings (SSSR count). The summed E-state index contributed by atoms with van der Waals surface area (Å²) in [6, 6.07) is 5.33. The summed E-state index contributed by atoms with van der Waals surface area (Å²) in [5.74, 6) is 1.47. The monoisotopic (exact) mass is 516 g/mol. The van der Waals surface area contributed by atoms with Gasteiger partial charge in [0, 0.05) is 62.9 Å². The molecule has 0 unspecified atom stereocenters. The lowest BCUT2D eigenvalue weighted by Gasteiger charge is -2.34. The van der Waals surface area contributed by atoms with Crippen LogP contribution < -0.4 is 10.1 Å². The Labute approximate surface area is 221 Å². The minimum Gasteiger partial charge on any atom is -0.488 e. The van der Waals surface area contributed by atoms with Crippen molar-refractivity contribution in [3.05, 3.63) is 23.8 Å². The second-order valence-corrected chi connectivity index (χ2v) is 11.1. The van der Waals surface area contributed by atoms with E-state index in [4.69, 9.17) is 9.47 Å². The third kappa shape index (κ3) is 8.14. The lowest BCUT2D eigenvalue weighted by molar-refractivity contribution is -0.134. The molecule has 0 aromatic heterocycles. The topological polar surface area (TPSA) is 94.6 Å². The van der Waals surface area contributed by atoms with Crippen LogP contribution in [0.2, 0.25) is 0 Å². The molecule has 0 radical (unpaired) electrons. The number of aliphatic hydroxyl groups excluding tert-OH is 1. The highest BCUT2D eigenvalue weighted by atomic mass is 16.5. The van der Waals surface area contributed by atoms with Crippen LogP contribution in [0.4, 0.5) is 5.69 Å². The average Bonchev–Trinajstić information content (AvgIpc) is 3.70. The van der Waals surface area contributed by atoms with Crippen LogP contribution in [0, 0.1) is 11.8 Å². The number of anilines is 1. The quantitative estimate of drug-likeness (QED) is 0.490. The fourth-order valence-corrected chi connectivity index (χ4v) is 5.16. The van der Waals surface area contributed by atoms with Crippen molar-refractivity contribution in [2.45, 2.75) is 51.7 Å². The molecule has 9 heteroatoms. The number of rotatable bonds is 10. The molecule has 2 N–H and O–H groups in total. The van der Waals surface area contributed by atoms with E-state index in [0.29, 0.717) is 44.2 Å². The molecule has 1 aliphatic carbocycles. The molecule has 37 heavy (non-hydrogen) atoms. The van der Waals surface area contributed by atoms with Crippen LogP contribution in [-0.4, -0.2) is 110 Å². The normalized spacial score (nSPS) is 24.0. The number of carbonyl (C=O) groups is 2. The number of amides is 2. The zero-order chi connectivity index (χ0) is 26.4. The van der Waals surface area contributed by atoms with Gasteiger partial charge in [0.1, 0.15) is 11.9 Å². The molecular weight excluding hydrogens is 472 g/mol. The summed E-state index contributed by atoms with van der Waals surface area (Å²) in [6.07, 6.45) is 3.06. The predicted octanol–water partition coefficient (Wildman–Crippen LogP) is 1.84. The van der Waals surface area contributed by atoms with E-state index < -0.39 is 0 Å². The Morgan fingerprint density at radius 2 is 2.00 bits per heavy atom. The van der Waals surface area contributed by atoms with Gasteiger partial charge in [-0.05, 0) is 50.9 Å². The van der Waals surface area contributed by atoms with E-state index in [-0.39, 0.29) is 42.9 Å². The van der Waals surface area contributed by atoms with Crippen LogP contribution in [0.15, 0.2) is 18.2 Å². The summed E-state index contributed by atoms with van der Waals surface area (Å²) in [6.45, 7) is 10.1. The number of carbonyl (C=O) groups excluding carboxylic acids is 2. The van der Waals surface area contributed by atoms with Gasteiger partial charge in [0.2, 0.25) is 11.8 Å². The Morgan fingerprint density at radius 3 is 2.70 bits per heavy atom.